The van der Waals surface area contributed by atoms with Crippen molar-refractivity contribution in [2.45, 2.75) is 24.6 Å². The molecule has 21 heavy (non-hydrogen) atoms. The van der Waals surface area contributed by atoms with E-state index in [-0.39, 0.29) is 5.91 Å². The summed E-state index contributed by atoms with van der Waals surface area (Å²) < 4.78 is 0.799. The first-order valence-electron chi connectivity index (χ1n) is 6.74. The fraction of sp³-hybridized carbons (Fsp3) is 0.357. The van der Waals surface area contributed by atoms with Crippen molar-refractivity contribution in [2.75, 3.05) is 22.9 Å². The van der Waals surface area contributed by atoms with Crippen molar-refractivity contribution in [3.05, 3.63) is 29.8 Å². The highest BCUT2D eigenvalue weighted by atomic mass is 32.2. The maximum atomic E-state index is 11.9. The molecule has 0 fully saturated rings. The predicted molar refractivity (Wildman–Crippen MR) is 89.2 cm³/mol. The Kier molecular flexibility index (Phi) is 6.01. The zero-order valence-corrected chi connectivity index (χ0v) is 13.7. The minimum absolute atomic E-state index is 0.0381. The lowest BCUT2D eigenvalue weighted by Crippen LogP contribution is -2.13. The molecule has 0 atom stereocenters. The number of benzene rings is 1. The zero-order chi connectivity index (χ0) is 15.1. The van der Waals surface area contributed by atoms with E-state index in [0.29, 0.717) is 5.75 Å². The van der Waals surface area contributed by atoms with Crippen LogP contribution in [-0.4, -0.2) is 28.4 Å². The number of nitrogens with zero attached hydrogens (tertiary/aromatic N) is 2. The molecule has 1 aromatic heterocycles. The summed E-state index contributed by atoms with van der Waals surface area (Å²) in [7, 11) is 0. The lowest BCUT2D eigenvalue weighted by molar-refractivity contribution is -0.113. The monoisotopic (exact) mass is 322 g/mol. The highest BCUT2D eigenvalue weighted by Crippen LogP contribution is 2.25. The van der Waals surface area contributed by atoms with Gasteiger partial charge in [-0.1, -0.05) is 42.2 Å². The molecule has 7 heteroatoms. The summed E-state index contributed by atoms with van der Waals surface area (Å²) in [6.45, 7) is 4.98. The van der Waals surface area contributed by atoms with Crippen molar-refractivity contribution in [1.82, 2.24) is 10.2 Å². The molecule has 0 saturated heterocycles. The van der Waals surface area contributed by atoms with Gasteiger partial charge in [0.1, 0.15) is 0 Å². The van der Waals surface area contributed by atoms with Crippen LogP contribution in [0, 0.1) is 6.92 Å². The Hall–Kier alpha value is -1.60. The first kappa shape index (κ1) is 15.8. The van der Waals surface area contributed by atoms with E-state index in [0.717, 1.165) is 33.7 Å². The molecule has 5 nitrogen and oxygen atoms in total. The Balaban J connectivity index is 1.79. The average Bonchev–Trinajstić information content (AvgIpc) is 2.91. The molecule has 0 saturated carbocycles. The van der Waals surface area contributed by atoms with Gasteiger partial charge in [0.25, 0.3) is 0 Å². The van der Waals surface area contributed by atoms with Gasteiger partial charge in [-0.15, -0.1) is 10.2 Å². The van der Waals surface area contributed by atoms with E-state index in [2.05, 4.69) is 27.8 Å². The summed E-state index contributed by atoms with van der Waals surface area (Å²) >= 11 is 2.87. The number of amides is 1. The number of nitrogens with one attached hydrogen (secondary N) is 2. The van der Waals surface area contributed by atoms with Gasteiger partial charge >= 0.3 is 0 Å². The molecule has 0 aliphatic heterocycles. The number of hydrogen-bond donors (Lipinski definition) is 2. The lowest BCUT2D eigenvalue weighted by atomic mass is 10.2. The molecule has 1 heterocycles. The summed E-state index contributed by atoms with van der Waals surface area (Å²) in [6.07, 6.45) is 1.04. The minimum Gasteiger partial charge on any atom is -0.360 e. The van der Waals surface area contributed by atoms with Gasteiger partial charge in [0.15, 0.2) is 4.34 Å². The number of anilines is 2. The van der Waals surface area contributed by atoms with Crippen LogP contribution in [0.5, 0.6) is 0 Å². The maximum absolute atomic E-state index is 11.9. The highest BCUT2D eigenvalue weighted by molar-refractivity contribution is 8.01. The number of aryl methyl sites for hydroxylation is 1. The maximum Gasteiger partial charge on any atom is 0.234 e. The van der Waals surface area contributed by atoms with Crippen LogP contribution >= 0.6 is 23.1 Å². The largest absolute Gasteiger partial charge is 0.360 e. The van der Waals surface area contributed by atoms with Gasteiger partial charge < -0.3 is 10.6 Å². The molecular weight excluding hydrogens is 304 g/mol. The van der Waals surface area contributed by atoms with Crippen molar-refractivity contribution >= 4 is 39.8 Å². The number of hydrogen-bond acceptors (Lipinski definition) is 6. The molecule has 2 aromatic rings. The first-order chi connectivity index (χ1) is 10.2. The van der Waals surface area contributed by atoms with Crippen LogP contribution in [0.1, 0.15) is 18.9 Å². The number of aromatic nitrogens is 2. The highest BCUT2D eigenvalue weighted by Gasteiger charge is 2.08. The van der Waals surface area contributed by atoms with Gasteiger partial charge in [0, 0.05) is 12.2 Å². The molecule has 0 aliphatic carbocycles. The fourth-order valence-electron chi connectivity index (χ4n) is 1.62. The van der Waals surface area contributed by atoms with Gasteiger partial charge in [-0.3, -0.25) is 4.79 Å². The van der Waals surface area contributed by atoms with E-state index in [1.807, 2.05) is 31.2 Å². The second-order valence-electron chi connectivity index (χ2n) is 4.51. The molecule has 112 valence electrons. The Morgan fingerprint density at radius 2 is 2.24 bits per heavy atom. The number of thioether (sulfide) groups is 1. The van der Waals surface area contributed by atoms with E-state index in [1.165, 1.54) is 23.1 Å². The molecule has 0 radical (unpaired) electrons. The topological polar surface area (TPSA) is 66.9 Å². The van der Waals surface area contributed by atoms with Crippen LogP contribution < -0.4 is 10.6 Å². The van der Waals surface area contributed by atoms with Crippen LogP contribution in [0.3, 0.4) is 0 Å². The third-order valence-electron chi connectivity index (χ3n) is 2.56. The number of carbonyl (C=O) groups excluding carboxylic acids is 1. The van der Waals surface area contributed by atoms with Crippen LogP contribution in [0.25, 0.3) is 0 Å². The average molecular weight is 322 g/mol. The van der Waals surface area contributed by atoms with Crippen molar-refractivity contribution in [1.29, 1.82) is 0 Å². The van der Waals surface area contributed by atoms with Crippen LogP contribution in [-0.2, 0) is 4.79 Å². The van der Waals surface area contributed by atoms with Gasteiger partial charge in [-0.25, -0.2) is 0 Å². The molecule has 0 unspecified atom stereocenters. The third-order valence-corrected chi connectivity index (χ3v) is 4.58. The van der Waals surface area contributed by atoms with Crippen LogP contribution in [0.15, 0.2) is 28.6 Å². The van der Waals surface area contributed by atoms with Crippen LogP contribution in [0.2, 0.25) is 0 Å². The first-order valence-corrected chi connectivity index (χ1v) is 8.54. The smallest absolute Gasteiger partial charge is 0.234 e. The van der Waals surface area contributed by atoms with E-state index in [4.69, 9.17) is 0 Å². The van der Waals surface area contributed by atoms with Crippen molar-refractivity contribution in [3.63, 3.8) is 0 Å². The van der Waals surface area contributed by atoms with Crippen molar-refractivity contribution < 1.29 is 4.79 Å². The molecule has 2 rings (SSSR count). The summed E-state index contributed by atoms with van der Waals surface area (Å²) in [4.78, 5) is 11.9. The minimum atomic E-state index is -0.0381. The van der Waals surface area contributed by atoms with E-state index < -0.39 is 0 Å². The van der Waals surface area contributed by atoms with E-state index in [9.17, 15) is 4.79 Å². The summed E-state index contributed by atoms with van der Waals surface area (Å²) in [5.74, 6) is 0.292. The lowest BCUT2D eigenvalue weighted by Gasteiger charge is -2.04. The summed E-state index contributed by atoms with van der Waals surface area (Å²) in [5.41, 5.74) is 1.94. The zero-order valence-electron chi connectivity index (χ0n) is 12.0. The Morgan fingerprint density at radius 1 is 1.38 bits per heavy atom. The van der Waals surface area contributed by atoms with Crippen molar-refractivity contribution in [2.24, 2.45) is 0 Å². The quantitative estimate of drug-likeness (QED) is 0.765. The molecule has 0 aliphatic rings. The summed E-state index contributed by atoms with van der Waals surface area (Å²) in [5, 5.41) is 14.9. The normalized spacial score (nSPS) is 10.4. The second kappa shape index (κ2) is 7.99. The SMILES string of the molecule is CCCNc1nnc(SCC(=O)Nc2cccc(C)c2)s1. The van der Waals surface area contributed by atoms with Gasteiger partial charge in [0.05, 0.1) is 5.75 Å². The fourth-order valence-corrected chi connectivity index (χ4v) is 3.20. The summed E-state index contributed by atoms with van der Waals surface area (Å²) in [6, 6.07) is 7.75. The van der Waals surface area contributed by atoms with Gasteiger partial charge in [-0.2, -0.15) is 0 Å². The molecule has 0 bridgehead atoms. The molecule has 1 amide bonds. The van der Waals surface area contributed by atoms with E-state index in [1.54, 1.807) is 0 Å². The second-order valence-corrected chi connectivity index (χ2v) is 6.71. The van der Waals surface area contributed by atoms with Gasteiger partial charge in [-0.05, 0) is 31.0 Å². The molecule has 1 aromatic carbocycles. The Bertz CT molecular complexity index is 600. The number of carbonyl (C=O) groups is 1. The Labute approximate surface area is 132 Å². The third kappa shape index (κ3) is 5.35. The van der Waals surface area contributed by atoms with Gasteiger partial charge in [0.2, 0.25) is 11.0 Å². The number of rotatable bonds is 7. The molecular formula is C14H18N4OS2. The molecule has 2 N–H and O–H groups in total. The van der Waals surface area contributed by atoms with Crippen molar-refractivity contribution in [3.8, 4) is 0 Å². The standard InChI is InChI=1S/C14H18N4OS2/c1-3-7-15-13-17-18-14(21-13)20-9-12(19)16-11-6-4-5-10(2)8-11/h4-6,8H,3,7,9H2,1-2H3,(H,15,17)(H,16,19). The predicted octanol–water partition coefficient (Wildman–Crippen LogP) is 3.40. The van der Waals surface area contributed by atoms with Crippen LogP contribution in [0.4, 0.5) is 10.8 Å². The molecule has 0 spiro atoms. The Morgan fingerprint density at radius 3 is 3.00 bits per heavy atom. The van der Waals surface area contributed by atoms with E-state index >= 15 is 0 Å².